The zero-order valence-corrected chi connectivity index (χ0v) is 20.1. The van der Waals surface area contributed by atoms with E-state index >= 15 is 0 Å². The number of hydrogen-bond acceptors (Lipinski definition) is 4. The summed E-state index contributed by atoms with van der Waals surface area (Å²) in [6.45, 7) is 8.19. The Balaban J connectivity index is 1.43. The second-order valence-corrected chi connectivity index (χ2v) is 11.2. The maximum atomic E-state index is 13.6. The molecule has 4 aliphatic carbocycles. The number of nitrogens with zero attached hydrogens (tertiary/aromatic N) is 2. The van der Waals surface area contributed by atoms with Gasteiger partial charge in [0.2, 0.25) is 0 Å². The Bertz CT molecular complexity index is 1030. The number of aryl methyl sites for hydroxylation is 2. The second-order valence-electron chi connectivity index (χ2n) is 11.2. The molecule has 3 fully saturated rings. The summed E-state index contributed by atoms with van der Waals surface area (Å²) < 4.78 is 7.39. The first kappa shape index (κ1) is 21.7. The van der Waals surface area contributed by atoms with E-state index in [2.05, 4.69) is 31.1 Å². The molecule has 6 atom stereocenters. The number of fused-ring (bicyclic) bond motifs is 5. The van der Waals surface area contributed by atoms with Gasteiger partial charge in [-0.15, -0.1) is 0 Å². The van der Waals surface area contributed by atoms with Gasteiger partial charge >= 0.3 is 5.97 Å². The fraction of sp³-hybridized carbons (Fsp3) is 0.667. The molecule has 0 spiro atoms. The van der Waals surface area contributed by atoms with Gasteiger partial charge in [-0.25, -0.2) is 0 Å². The first-order chi connectivity index (χ1) is 15.1. The highest BCUT2D eigenvalue weighted by molar-refractivity contribution is 6.06. The molecule has 32 heavy (non-hydrogen) atoms. The van der Waals surface area contributed by atoms with Gasteiger partial charge in [0.15, 0.2) is 5.78 Å². The van der Waals surface area contributed by atoms with Crippen molar-refractivity contribution >= 4 is 17.8 Å². The summed E-state index contributed by atoms with van der Waals surface area (Å²) in [6.07, 6.45) is 13.5. The standard InChI is InChI=1S/C27H36N2O3/c1-16-19(15-29(5)28-16)12-18-13-24-22-7-6-20-14-21(32-17(2)30)8-10-26(20,3)23(22)9-11-27(24,4)25(18)31/h6,12,15,21-24H,7-11,13-14H2,1-5H3/b18-12+/t21-,22+,23-,24-,26-,27-/m0/s1. The summed E-state index contributed by atoms with van der Waals surface area (Å²) in [6, 6.07) is 0. The fourth-order valence-electron chi connectivity index (χ4n) is 7.71. The number of hydrogen-bond donors (Lipinski definition) is 0. The number of allylic oxidation sites excluding steroid dienone is 2. The topological polar surface area (TPSA) is 61.2 Å². The van der Waals surface area contributed by atoms with Gasteiger partial charge in [-0.3, -0.25) is 14.3 Å². The van der Waals surface area contributed by atoms with E-state index in [9.17, 15) is 9.59 Å². The number of aromatic nitrogens is 2. The summed E-state index contributed by atoms with van der Waals surface area (Å²) >= 11 is 0. The van der Waals surface area contributed by atoms with E-state index in [1.165, 1.54) is 12.5 Å². The van der Waals surface area contributed by atoms with Crippen molar-refractivity contribution in [1.29, 1.82) is 0 Å². The Morgan fingerprint density at radius 2 is 1.94 bits per heavy atom. The van der Waals surface area contributed by atoms with Gasteiger partial charge in [0, 0.05) is 37.6 Å². The molecule has 4 aliphatic rings. The lowest BCUT2D eigenvalue weighted by Crippen LogP contribution is -2.50. The highest BCUT2D eigenvalue weighted by atomic mass is 16.5. The van der Waals surface area contributed by atoms with E-state index in [1.54, 1.807) is 0 Å². The Labute approximate surface area is 191 Å². The molecule has 0 aromatic carbocycles. The van der Waals surface area contributed by atoms with Crippen LogP contribution in [0.15, 0.2) is 23.4 Å². The van der Waals surface area contributed by atoms with Crippen molar-refractivity contribution in [3.8, 4) is 0 Å². The first-order valence-corrected chi connectivity index (χ1v) is 12.2. The van der Waals surface area contributed by atoms with Crippen molar-refractivity contribution in [2.45, 2.75) is 78.7 Å². The minimum atomic E-state index is -0.236. The average Bonchev–Trinajstić information content (AvgIpc) is 3.17. The normalized spacial score (nSPS) is 39.8. The van der Waals surface area contributed by atoms with Crippen LogP contribution in [-0.2, 0) is 21.4 Å². The number of carbonyl (C=O) groups is 2. The molecule has 0 aliphatic heterocycles. The van der Waals surface area contributed by atoms with E-state index in [4.69, 9.17) is 4.74 Å². The molecule has 1 aromatic rings. The van der Waals surface area contributed by atoms with E-state index in [0.717, 1.165) is 61.8 Å². The third kappa shape index (κ3) is 3.22. The molecule has 0 amide bonds. The SMILES string of the molecule is CC(=O)O[C@H]1CC[C@@]2(C)C(=CC[C@@H]3[C@@H]2CC[C@]2(C)C(=O)/C(=C/c4cn(C)nc4C)C[C@@H]32)C1. The van der Waals surface area contributed by atoms with Crippen LogP contribution in [0.5, 0.6) is 0 Å². The largest absolute Gasteiger partial charge is 0.462 e. The van der Waals surface area contributed by atoms with Crippen LogP contribution < -0.4 is 0 Å². The Morgan fingerprint density at radius 3 is 2.62 bits per heavy atom. The minimum Gasteiger partial charge on any atom is -0.462 e. The van der Waals surface area contributed by atoms with Gasteiger partial charge in [0.1, 0.15) is 6.10 Å². The van der Waals surface area contributed by atoms with Gasteiger partial charge in [-0.05, 0) is 80.3 Å². The molecule has 172 valence electrons. The average molecular weight is 437 g/mol. The summed E-state index contributed by atoms with van der Waals surface area (Å²) in [4.78, 5) is 25.1. The monoisotopic (exact) mass is 436 g/mol. The molecule has 1 aromatic heterocycles. The Kier molecular flexibility index (Phi) is 5.03. The summed E-state index contributed by atoms with van der Waals surface area (Å²) in [5.41, 5.74) is 4.47. The number of rotatable bonds is 2. The van der Waals surface area contributed by atoms with E-state index in [1.807, 2.05) is 24.9 Å². The van der Waals surface area contributed by atoms with Crippen molar-refractivity contribution in [1.82, 2.24) is 9.78 Å². The van der Waals surface area contributed by atoms with Gasteiger partial charge in [-0.1, -0.05) is 25.5 Å². The van der Waals surface area contributed by atoms with Crippen molar-refractivity contribution < 1.29 is 14.3 Å². The van der Waals surface area contributed by atoms with Gasteiger partial charge in [0.05, 0.1) is 5.69 Å². The lowest BCUT2D eigenvalue weighted by Gasteiger charge is -2.56. The van der Waals surface area contributed by atoms with Crippen LogP contribution in [-0.4, -0.2) is 27.6 Å². The summed E-state index contributed by atoms with van der Waals surface area (Å²) in [7, 11) is 1.93. The van der Waals surface area contributed by atoms with Crippen LogP contribution in [0.1, 0.15) is 77.0 Å². The lowest BCUT2D eigenvalue weighted by molar-refractivity contribution is -0.148. The maximum absolute atomic E-state index is 13.6. The quantitative estimate of drug-likeness (QED) is 0.364. The van der Waals surface area contributed by atoms with Crippen molar-refractivity contribution in [2.24, 2.45) is 35.6 Å². The molecule has 1 heterocycles. The minimum absolute atomic E-state index is 0.0301. The number of Topliss-reactive ketones (excluding diaryl/α,β-unsaturated/α-hetero) is 1. The van der Waals surface area contributed by atoms with Crippen LogP contribution >= 0.6 is 0 Å². The predicted molar refractivity (Wildman–Crippen MR) is 124 cm³/mol. The lowest BCUT2D eigenvalue weighted by atomic mass is 9.48. The fourth-order valence-corrected chi connectivity index (χ4v) is 7.71. The van der Waals surface area contributed by atoms with E-state index in [0.29, 0.717) is 23.5 Å². The molecule has 0 radical (unpaired) electrons. The molecule has 0 N–H and O–H groups in total. The van der Waals surface area contributed by atoms with Crippen LogP contribution in [0.4, 0.5) is 0 Å². The van der Waals surface area contributed by atoms with Crippen LogP contribution in [0.2, 0.25) is 0 Å². The van der Waals surface area contributed by atoms with E-state index in [-0.39, 0.29) is 22.9 Å². The van der Waals surface area contributed by atoms with Gasteiger partial charge in [-0.2, -0.15) is 5.10 Å². The maximum Gasteiger partial charge on any atom is 0.302 e. The molecule has 5 heteroatoms. The number of carbonyl (C=O) groups excluding carboxylic acids is 2. The molecule has 3 saturated carbocycles. The molecule has 0 saturated heterocycles. The summed E-state index contributed by atoms with van der Waals surface area (Å²) in [5, 5.41) is 4.45. The van der Waals surface area contributed by atoms with Crippen LogP contribution in [0, 0.1) is 35.5 Å². The Hall–Kier alpha value is -2.17. The first-order valence-electron chi connectivity index (χ1n) is 12.2. The molecule has 5 nitrogen and oxygen atoms in total. The summed E-state index contributed by atoms with van der Waals surface area (Å²) in [5.74, 6) is 1.78. The molecule has 5 rings (SSSR count). The molecular formula is C27H36N2O3. The van der Waals surface area contributed by atoms with Crippen molar-refractivity contribution in [3.63, 3.8) is 0 Å². The smallest absolute Gasteiger partial charge is 0.302 e. The van der Waals surface area contributed by atoms with Gasteiger partial charge < -0.3 is 4.74 Å². The van der Waals surface area contributed by atoms with Gasteiger partial charge in [0.25, 0.3) is 0 Å². The van der Waals surface area contributed by atoms with E-state index < -0.39 is 0 Å². The van der Waals surface area contributed by atoms with Crippen molar-refractivity contribution in [2.75, 3.05) is 0 Å². The second kappa shape index (κ2) is 7.43. The van der Waals surface area contributed by atoms with Crippen molar-refractivity contribution in [3.05, 3.63) is 34.7 Å². The molecule has 0 bridgehead atoms. The number of ketones is 1. The molecular weight excluding hydrogens is 400 g/mol. The number of ether oxygens (including phenoxy) is 1. The Morgan fingerprint density at radius 1 is 1.19 bits per heavy atom. The number of esters is 1. The molecule has 0 unspecified atom stereocenters. The predicted octanol–water partition coefficient (Wildman–Crippen LogP) is 5.19. The zero-order valence-electron chi connectivity index (χ0n) is 20.1. The third-order valence-electron chi connectivity index (χ3n) is 9.41. The van der Waals surface area contributed by atoms with Crippen LogP contribution in [0.25, 0.3) is 6.08 Å². The highest BCUT2D eigenvalue weighted by Crippen LogP contribution is 2.64. The third-order valence-corrected chi connectivity index (χ3v) is 9.41. The zero-order chi connectivity index (χ0) is 22.8. The highest BCUT2D eigenvalue weighted by Gasteiger charge is 2.60. The van der Waals surface area contributed by atoms with Crippen LogP contribution in [0.3, 0.4) is 0 Å².